The highest BCUT2D eigenvalue weighted by Crippen LogP contribution is 2.28. The van der Waals surface area contributed by atoms with E-state index in [-0.39, 0.29) is 18.3 Å². The van der Waals surface area contributed by atoms with E-state index in [1.807, 2.05) is 6.07 Å². The Morgan fingerprint density at radius 1 is 1.38 bits per heavy atom. The van der Waals surface area contributed by atoms with Crippen LogP contribution in [-0.2, 0) is 19.3 Å². The molecule has 0 amide bonds. The predicted octanol–water partition coefficient (Wildman–Crippen LogP) is 0.609. The molecular weight excluding hydrogens is 230 g/mol. The van der Waals surface area contributed by atoms with Crippen molar-refractivity contribution in [1.82, 2.24) is 0 Å². The second-order valence-corrected chi connectivity index (χ2v) is 6.56. The predicted molar refractivity (Wildman–Crippen MR) is 56.3 cm³/mol. The lowest BCUT2D eigenvalue weighted by Crippen LogP contribution is -2.39. The number of nitriles is 1. The van der Waals surface area contributed by atoms with Gasteiger partial charge in [0.05, 0.1) is 31.0 Å². The molecule has 0 saturated carbocycles. The molecule has 5 nitrogen and oxygen atoms in total. The topological polar surface area (TPSA) is 76.4 Å². The Balaban J connectivity index is 2.01. The molecule has 0 spiro atoms. The highest BCUT2D eigenvalue weighted by atomic mass is 32.2. The molecule has 2 rings (SSSR count). The first kappa shape index (κ1) is 11.8. The molecule has 0 bridgehead atoms. The summed E-state index contributed by atoms with van der Waals surface area (Å²) in [5.41, 5.74) is 0. The van der Waals surface area contributed by atoms with Crippen molar-refractivity contribution in [2.75, 3.05) is 12.4 Å². The largest absolute Gasteiger partial charge is 0.349 e. The van der Waals surface area contributed by atoms with Crippen molar-refractivity contribution in [1.29, 1.82) is 5.26 Å². The van der Waals surface area contributed by atoms with Gasteiger partial charge in [0.1, 0.15) is 5.25 Å². The van der Waals surface area contributed by atoms with Gasteiger partial charge < -0.3 is 9.47 Å². The molecule has 0 N–H and O–H groups in total. The molecule has 0 aromatic carbocycles. The summed E-state index contributed by atoms with van der Waals surface area (Å²) >= 11 is 0. The Labute approximate surface area is 95.3 Å². The second-order valence-electron chi connectivity index (χ2n) is 4.22. The molecule has 0 aliphatic carbocycles. The van der Waals surface area contributed by atoms with Crippen molar-refractivity contribution in [2.45, 2.75) is 43.3 Å². The lowest BCUT2D eigenvalue weighted by Gasteiger charge is -2.26. The molecule has 90 valence electrons. The van der Waals surface area contributed by atoms with Crippen LogP contribution < -0.4 is 0 Å². The molecule has 2 heterocycles. The average molecular weight is 245 g/mol. The number of hydrogen-bond acceptors (Lipinski definition) is 5. The van der Waals surface area contributed by atoms with Gasteiger partial charge in [-0.1, -0.05) is 6.42 Å². The summed E-state index contributed by atoms with van der Waals surface area (Å²) in [6.45, 7) is 0.324. The van der Waals surface area contributed by atoms with E-state index in [4.69, 9.17) is 14.7 Å². The molecule has 0 aromatic rings. The van der Waals surface area contributed by atoms with Gasteiger partial charge in [-0.05, 0) is 12.8 Å². The second kappa shape index (κ2) is 4.70. The Bertz CT molecular complexity index is 386. The molecule has 3 atom stereocenters. The van der Waals surface area contributed by atoms with E-state index in [0.717, 1.165) is 12.8 Å². The summed E-state index contributed by atoms with van der Waals surface area (Å²) in [6, 6.07) is 2.00. The third-order valence-electron chi connectivity index (χ3n) is 3.02. The van der Waals surface area contributed by atoms with Crippen LogP contribution in [-0.4, -0.2) is 38.4 Å². The maximum Gasteiger partial charge on any atom is 0.174 e. The van der Waals surface area contributed by atoms with E-state index >= 15 is 0 Å². The Kier molecular flexibility index (Phi) is 3.47. The van der Waals surface area contributed by atoms with Gasteiger partial charge in [-0.15, -0.1) is 0 Å². The Morgan fingerprint density at radius 2 is 2.19 bits per heavy atom. The monoisotopic (exact) mass is 245 g/mol. The van der Waals surface area contributed by atoms with Crippen LogP contribution in [0.1, 0.15) is 25.7 Å². The molecule has 2 aliphatic heterocycles. The van der Waals surface area contributed by atoms with E-state index in [0.29, 0.717) is 13.0 Å². The van der Waals surface area contributed by atoms with Crippen molar-refractivity contribution in [2.24, 2.45) is 0 Å². The molecule has 0 aromatic heterocycles. The van der Waals surface area contributed by atoms with Crippen LogP contribution in [0, 0.1) is 11.3 Å². The number of ether oxygens (including phenoxy) is 2. The van der Waals surface area contributed by atoms with E-state index in [1.165, 1.54) is 0 Å². The molecule has 2 fully saturated rings. The first-order chi connectivity index (χ1) is 7.63. The van der Waals surface area contributed by atoms with Gasteiger partial charge in [-0.25, -0.2) is 8.42 Å². The summed E-state index contributed by atoms with van der Waals surface area (Å²) in [6.07, 6.45) is 1.55. The van der Waals surface area contributed by atoms with Crippen LogP contribution in [0.2, 0.25) is 0 Å². The molecule has 6 heteroatoms. The van der Waals surface area contributed by atoms with E-state index in [2.05, 4.69) is 0 Å². The van der Waals surface area contributed by atoms with Crippen molar-refractivity contribution >= 4 is 9.84 Å². The average Bonchev–Trinajstić information content (AvgIpc) is 2.66. The van der Waals surface area contributed by atoms with Crippen LogP contribution in [0.4, 0.5) is 0 Å². The van der Waals surface area contributed by atoms with Crippen LogP contribution in [0.3, 0.4) is 0 Å². The van der Waals surface area contributed by atoms with E-state index in [9.17, 15) is 8.42 Å². The standard InChI is InChI=1S/C10H15NO4S/c11-5-4-8-7-14-10(15-8)9-3-1-2-6-16(9,12)13/h8-10H,1-4,6-7H2. The van der Waals surface area contributed by atoms with Crippen LogP contribution in [0.25, 0.3) is 0 Å². The lowest BCUT2D eigenvalue weighted by atomic mass is 10.2. The highest BCUT2D eigenvalue weighted by Gasteiger charge is 2.41. The van der Waals surface area contributed by atoms with Gasteiger partial charge in [0.2, 0.25) is 0 Å². The van der Waals surface area contributed by atoms with Gasteiger partial charge in [0, 0.05) is 0 Å². The molecule has 0 radical (unpaired) electrons. The van der Waals surface area contributed by atoms with Crippen molar-refractivity contribution in [3.63, 3.8) is 0 Å². The number of hydrogen-bond donors (Lipinski definition) is 0. The van der Waals surface area contributed by atoms with E-state index in [1.54, 1.807) is 0 Å². The minimum atomic E-state index is -3.08. The van der Waals surface area contributed by atoms with Crippen molar-refractivity contribution in [3.8, 4) is 6.07 Å². The molecule has 3 unspecified atom stereocenters. The third-order valence-corrected chi connectivity index (χ3v) is 5.26. The van der Waals surface area contributed by atoms with Crippen molar-refractivity contribution in [3.05, 3.63) is 0 Å². The summed E-state index contributed by atoms with van der Waals surface area (Å²) in [5, 5.41) is 7.99. The van der Waals surface area contributed by atoms with Crippen LogP contribution in [0.15, 0.2) is 0 Å². The minimum absolute atomic E-state index is 0.226. The fourth-order valence-electron chi connectivity index (χ4n) is 2.16. The Hall–Kier alpha value is -0.640. The van der Waals surface area contributed by atoms with Gasteiger partial charge in [-0.3, -0.25) is 0 Å². The smallest absolute Gasteiger partial charge is 0.174 e. The number of rotatable bonds is 2. The zero-order valence-corrected chi connectivity index (χ0v) is 9.78. The van der Waals surface area contributed by atoms with Crippen LogP contribution in [0.5, 0.6) is 0 Å². The highest BCUT2D eigenvalue weighted by molar-refractivity contribution is 7.92. The van der Waals surface area contributed by atoms with Gasteiger partial charge in [-0.2, -0.15) is 5.26 Å². The lowest BCUT2D eigenvalue weighted by molar-refractivity contribution is -0.0599. The fraction of sp³-hybridized carbons (Fsp3) is 0.900. The zero-order chi connectivity index (χ0) is 11.6. The quantitative estimate of drug-likeness (QED) is 0.712. The van der Waals surface area contributed by atoms with Gasteiger partial charge in [0.25, 0.3) is 0 Å². The molecule has 16 heavy (non-hydrogen) atoms. The van der Waals surface area contributed by atoms with Crippen molar-refractivity contribution < 1.29 is 17.9 Å². The molecular formula is C10H15NO4S. The first-order valence-electron chi connectivity index (χ1n) is 5.49. The zero-order valence-electron chi connectivity index (χ0n) is 8.96. The van der Waals surface area contributed by atoms with Crippen LogP contribution >= 0.6 is 0 Å². The summed E-state index contributed by atoms with van der Waals surface area (Å²) < 4.78 is 34.4. The Morgan fingerprint density at radius 3 is 2.88 bits per heavy atom. The SMILES string of the molecule is N#CCC1COC(C2CCCCS2(=O)=O)O1. The third kappa shape index (κ3) is 2.37. The van der Waals surface area contributed by atoms with E-state index < -0.39 is 21.4 Å². The summed E-state index contributed by atoms with van der Waals surface area (Å²) in [5.74, 6) is 0.226. The maximum absolute atomic E-state index is 11.8. The van der Waals surface area contributed by atoms with Gasteiger partial charge >= 0.3 is 0 Å². The summed E-state index contributed by atoms with van der Waals surface area (Å²) in [4.78, 5) is 0. The van der Waals surface area contributed by atoms with Gasteiger partial charge in [0.15, 0.2) is 16.1 Å². The number of nitrogens with zero attached hydrogens (tertiary/aromatic N) is 1. The molecule has 2 saturated heterocycles. The first-order valence-corrected chi connectivity index (χ1v) is 7.20. The summed E-state index contributed by atoms with van der Waals surface area (Å²) in [7, 11) is -3.08. The normalized spacial score (nSPS) is 38.1. The maximum atomic E-state index is 11.8. The number of sulfone groups is 1. The fourth-order valence-corrected chi connectivity index (χ4v) is 4.08. The minimum Gasteiger partial charge on any atom is -0.349 e. The molecule has 2 aliphatic rings.